The van der Waals surface area contributed by atoms with Crippen LogP contribution in [0.15, 0.2) is 29.4 Å². The van der Waals surface area contributed by atoms with Crippen LogP contribution in [-0.2, 0) is 4.79 Å². The van der Waals surface area contributed by atoms with E-state index in [1.54, 1.807) is 27.8 Å². The summed E-state index contributed by atoms with van der Waals surface area (Å²) in [6, 6.07) is 6.82. The molecule has 0 N–H and O–H groups in total. The largest absolute Gasteiger partial charge is 0.362 e. The standard InChI is InChI=1S/C16H21N7O3S/c1-12(2)22-16(17-18-19-22)27-11-15(24)21-9-7-20(8-10-21)13-5-3-4-6-14(13)23(25)26/h3-6,12H,7-11H2,1-2H3. The quantitative estimate of drug-likeness (QED) is 0.415. The van der Waals surface area contributed by atoms with Crippen molar-refractivity contribution in [1.82, 2.24) is 25.1 Å². The number of rotatable bonds is 6. The van der Waals surface area contributed by atoms with Crippen molar-refractivity contribution in [3.8, 4) is 0 Å². The lowest BCUT2D eigenvalue weighted by molar-refractivity contribution is -0.384. The van der Waals surface area contributed by atoms with Gasteiger partial charge in [-0.25, -0.2) is 4.68 Å². The summed E-state index contributed by atoms with van der Waals surface area (Å²) in [5.74, 6) is 0.277. The molecule has 0 atom stereocenters. The molecule has 11 heteroatoms. The van der Waals surface area contributed by atoms with Gasteiger partial charge in [0.15, 0.2) is 0 Å². The number of benzene rings is 1. The van der Waals surface area contributed by atoms with Crippen LogP contribution in [0.1, 0.15) is 19.9 Å². The fraction of sp³-hybridized carbons (Fsp3) is 0.500. The van der Waals surface area contributed by atoms with Crippen LogP contribution in [0.4, 0.5) is 11.4 Å². The van der Waals surface area contributed by atoms with Crippen LogP contribution in [0.3, 0.4) is 0 Å². The molecule has 3 rings (SSSR count). The van der Waals surface area contributed by atoms with Crippen LogP contribution in [-0.4, -0.2) is 67.9 Å². The topological polar surface area (TPSA) is 110 Å². The van der Waals surface area contributed by atoms with Crippen molar-refractivity contribution < 1.29 is 9.72 Å². The van der Waals surface area contributed by atoms with E-state index in [-0.39, 0.29) is 28.3 Å². The number of piperazine rings is 1. The van der Waals surface area contributed by atoms with Crippen LogP contribution in [0.5, 0.6) is 0 Å². The molecule has 0 unspecified atom stereocenters. The van der Waals surface area contributed by atoms with Crippen molar-refractivity contribution in [3.05, 3.63) is 34.4 Å². The average Bonchev–Trinajstić information content (AvgIpc) is 3.15. The fourth-order valence-electron chi connectivity index (χ4n) is 2.90. The molecule has 2 aromatic rings. The minimum absolute atomic E-state index is 0.0144. The van der Waals surface area contributed by atoms with E-state index < -0.39 is 0 Å². The highest BCUT2D eigenvalue weighted by atomic mass is 32.2. The lowest BCUT2D eigenvalue weighted by atomic mass is 10.2. The third-order valence-corrected chi connectivity index (χ3v) is 5.25. The lowest BCUT2D eigenvalue weighted by Gasteiger charge is -2.35. The van der Waals surface area contributed by atoms with Gasteiger partial charge in [0.2, 0.25) is 11.1 Å². The Morgan fingerprint density at radius 3 is 2.63 bits per heavy atom. The molecule has 0 radical (unpaired) electrons. The van der Waals surface area contributed by atoms with Crippen molar-refractivity contribution >= 4 is 29.0 Å². The molecule has 10 nitrogen and oxygen atoms in total. The number of para-hydroxylation sites is 2. The van der Waals surface area contributed by atoms with Crippen molar-refractivity contribution in [2.24, 2.45) is 0 Å². The van der Waals surface area contributed by atoms with Gasteiger partial charge in [0.05, 0.1) is 16.7 Å². The highest BCUT2D eigenvalue weighted by Crippen LogP contribution is 2.28. The van der Waals surface area contributed by atoms with Crippen molar-refractivity contribution in [3.63, 3.8) is 0 Å². The summed E-state index contributed by atoms with van der Waals surface area (Å²) in [5, 5.41) is 23.4. The molecule has 0 saturated carbocycles. The Balaban J connectivity index is 1.55. The number of thioether (sulfide) groups is 1. The summed E-state index contributed by atoms with van der Waals surface area (Å²) in [5.41, 5.74) is 0.688. The van der Waals surface area contributed by atoms with Gasteiger partial charge in [0, 0.05) is 32.2 Å². The fourth-order valence-corrected chi connectivity index (χ4v) is 3.81. The first-order valence-corrected chi connectivity index (χ1v) is 9.62. The van der Waals surface area contributed by atoms with Crippen LogP contribution in [0.2, 0.25) is 0 Å². The minimum Gasteiger partial charge on any atom is -0.362 e. The Morgan fingerprint density at radius 1 is 1.26 bits per heavy atom. The highest BCUT2D eigenvalue weighted by Gasteiger charge is 2.25. The van der Waals surface area contributed by atoms with Gasteiger partial charge in [-0.3, -0.25) is 14.9 Å². The molecule has 144 valence electrons. The van der Waals surface area contributed by atoms with Gasteiger partial charge in [0.1, 0.15) is 5.69 Å². The zero-order chi connectivity index (χ0) is 19.4. The van der Waals surface area contributed by atoms with Gasteiger partial charge in [-0.15, -0.1) is 5.10 Å². The van der Waals surface area contributed by atoms with Gasteiger partial charge >= 0.3 is 0 Å². The van der Waals surface area contributed by atoms with E-state index >= 15 is 0 Å². The number of amides is 1. The molecular weight excluding hydrogens is 370 g/mol. The predicted octanol–water partition coefficient (Wildman–Crippen LogP) is 1.60. The monoisotopic (exact) mass is 391 g/mol. The number of anilines is 1. The number of carbonyl (C=O) groups excluding carboxylic acids is 1. The lowest BCUT2D eigenvalue weighted by Crippen LogP contribution is -2.49. The van der Waals surface area contributed by atoms with Gasteiger partial charge in [-0.05, 0) is 30.3 Å². The van der Waals surface area contributed by atoms with E-state index in [0.717, 1.165) is 0 Å². The normalized spacial score (nSPS) is 14.6. The van der Waals surface area contributed by atoms with Crippen molar-refractivity contribution in [1.29, 1.82) is 0 Å². The molecule has 1 aliphatic heterocycles. The van der Waals surface area contributed by atoms with E-state index in [9.17, 15) is 14.9 Å². The second kappa shape index (κ2) is 8.33. The zero-order valence-corrected chi connectivity index (χ0v) is 16.0. The Hall–Kier alpha value is -2.69. The molecule has 1 fully saturated rings. The molecule has 27 heavy (non-hydrogen) atoms. The number of tetrazole rings is 1. The summed E-state index contributed by atoms with van der Waals surface area (Å²) >= 11 is 1.32. The van der Waals surface area contributed by atoms with E-state index in [0.29, 0.717) is 37.0 Å². The maximum absolute atomic E-state index is 12.5. The number of nitro groups is 1. The Bertz CT molecular complexity index is 818. The van der Waals surface area contributed by atoms with Gasteiger partial charge in [0.25, 0.3) is 5.69 Å². The second-order valence-electron chi connectivity index (χ2n) is 6.40. The van der Waals surface area contributed by atoms with Crippen LogP contribution >= 0.6 is 11.8 Å². The molecule has 0 spiro atoms. The molecule has 2 heterocycles. The first kappa shape index (κ1) is 19.1. The summed E-state index contributed by atoms with van der Waals surface area (Å²) in [6.45, 7) is 6.13. The van der Waals surface area contributed by atoms with Crippen LogP contribution in [0, 0.1) is 10.1 Å². The molecular formula is C16H21N7O3S. The third-order valence-electron chi connectivity index (χ3n) is 4.33. The van der Waals surface area contributed by atoms with E-state index in [1.165, 1.54) is 17.8 Å². The predicted molar refractivity (Wildman–Crippen MR) is 101 cm³/mol. The molecule has 1 amide bonds. The van der Waals surface area contributed by atoms with E-state index in [4.69, 9.17) is 0 Å². The van der Waals surface area contributed by atoms with E-state index in [1.807, 2.05) is 18.7 Å². The number of nitrogens with zero attached hydrogens (tertiary/aromatic N) is 7. The minimum atomic E-state index is -0.373. The smallest absolute Gasteiger partial charge is 0.292 e. The van der Waals surface area contributed by atoms with Gasteiger partial charge < -0.3 is 9.80 Å². The van der Waals surface area contributed by atoms with Crippen molar-refractivity contribution in [2.75, 3.05) is 36.8 Å². The maximum atomic E-state index is 12.5. The molecule has 0 aliphatic carbocycles. The average molecular weight is 391 g/mol. The summed E-state index contributed by atoms with van der Waals surface area (Å²) < 4.78 is 1.68. The molecule has 1 saturated heterocycles. The van der Waals surface area contributed by atoms with Gasteiger partial charge in [-0.1, -0.05) is 23.9 Å². The molecule has 1 aromatic heterocycles. The first-order valence-electron chi connectivity index (χ1n) is 8.64. The Labute approximate surface area is 160 Å². The third kappa shape index (κ3) is 4.35. The summed E-state index contributed by atoms with van der Waals surface area (Å²) in [4.78, 5) is 27.1. The number of hydrogen-bond donors (Lipinski definition) is 0. The molecule has 0 bridgehead atoms. The number of hydrogen-bond acceptors (Lipinski definition) is 8. The Kier molecular flexibility index (Phi) is 5.89. The summed E-state index contributed by atoms with van der Waals surface area (Å²) in [6.07, 6.45) is 0. The number of aromatic nitrogens is 4. The zero-order valence-electron chi connectivity index (χ0n) is 15.2. The van der Waals surface area contributed by atoms with Crippen LogP contribution in [0.25, 0.3) is 0 Å². The Morgan fingerprint density at radius 2 is 1.96 bits per heavy atom. The molecule has 1 aromatic carbocycles. The van der Waals surface area contributed by atoms with Crippen LogP contribution < -0.4 is 4.90 Å². The number of carbonyl (C=O) groups is 1. The maximum Gasteiger partial charge on any atom is 0.292 e. The number of nitro benzene ring substituents is 1. The summed E-state index contributed by atoms with van der Waals surface area (Å²) in [7, 11) is 0. The SMILES string of the molecule is CC(C)n1nnnc1SCC(=O)N1CCN(c2ccccc2[N+](=O)[O-])CC1. The molecule has 1 aliphatic rings. The van der Waals surface area contributed by atoms with E-state index in [2.05, 4.69) is 15.5 Å². The van der Waals surface area contributed by atoms with Crippen molar-refractivity contribution in [2.45, 2.75) is 25.0 Å². The van der Waals surface area contributed by atoms with Gasteiger partial charge in [-0.2, -0.15) is 0 Å². The first-order chi connectivity index (χ1) is 13.0. The second-order valence-corrected chi connectivity index (χ2v) is 7.34. The highest BCUT2D eigenvalue weighted by molar-refractivity contribution is 7.99.